The monoisotopic (exact) mass is 1070 g/mol. The Kier molecular flexibility index (Phi) is 37.9. The van der Waals surface area contributed by atoms with Crippen LogP contribution in [-0.2, 0) is 0 Å². The first-order valence-corrected chi connectivity index (χ1v) is 30.0. The van der Waals surface area contributed by atoms with E-state index in [0.717, 1.165) is 0 Å². The highest BCUT2D eigenvalue weighted by atomic mass is 14.1. The lowest BCUT2D eigenvalue weighted by molar-refractivity contribution is 1.39. The molecule has 0 aromatic heterocycles. The molecular formula is C80H106. The SMILES string of the molecule is CC.CC.CC.CC.CC.CC.Cc1c2ccccc2c(C)c2ccccc12.Cc1ccc(C)c2ccccc12.Cc1ccc(C)cc1.Cc1ccc2cc(C)ccc2c1.Cc1cccc(C)c1.Cc1cccc2c(C)cccc12. The van der Waals surface area contributed by atoms with Crippen LogP contribution in [0.25, 0.3) is 53.9 Å². The minimum atomic E-state index is 1.33. The molecule has 0 heteroatoms. The van der Waals surface area contributed by atoms with E-state index in [0.29, 0.717) is 0 Å². The standard InChI is InChI=1S/C16H14.3C12H12.2C8H10.6C2H6/c1-11-13-7-3-5-9-15(13)12(2)16-10-6-4-8-14(11)16;1-9-3-5-12-8-10(2)4-6-11(12)7-9;1-9-5-3-8-12-10(2)6-4-7-11(9)12;1-9-7-8-10(2)12-6-4-3-5-11(9)12;1-7-3-5-8(2)6-4-7;1-7-4-3-5-8(2)6-7;6*1-2/h3-10H,1-2H3;3*3-8H,1-2H3;2*3-6H,1-2H3;6*1-2H3. The molecular weight excluding hydrogens is 961 g/mol. The molecule has 0 bridgehead atoms. The summed E-state index contributed by atoms with van der Waals surface area (Å²) in [6, 6.07) is 73.1. The lowest BCUT2D eigenvalue weighted by atomic mass is 9.93. The Morgan fingerprint density at radius 3 is 0.637 bits per heavy atom. The maximum atomic E-state index is 2.22. The van der Waals surface area contributed by atoms with Crippen molar-refractivity contribution >= 4 is 53.9 Å². The van der Waals surface area contributed by atoms with Crippen molar-refractivity contribution in [3.05, 3.63) is 273 Å². The van der Waals surface area contributed by atoms with Gasteiger partial charge in [-0.1, -0.05) is 323 Å². The summed E-state index contributed by atoms with van der Waals surface area (Å²) in [5.41, 5.74) is 16.2. The summed E-state index contributed by atoms with van der Waals surface area (Å²) in [6.07, 6.45) is 0. The fourth-order valence-corrected chi connectivity index (χ4v) is 8.72. The van der Waals surface area contributed by atoms with E-state index in [4.69, 9.17) is 0 Å². The Labute approximate surface area is 490 Å². The highest BCUT2D eigenvalue weighted by Crippen LogP contribution is 2.31. The van der Waals surface area contributed by atoms with Gasteiger partial charge in [-0.3, -0.25) is 0 Å². The first-order chi connectivity index (χ1) is 38.7. The lowest BCUT2D eigenvalue weighted by Crippen LogP contribution is -1.87. The van der Waals surface area contributed by atoms with Gasteiger partial charge in [-0.05, 0) is 170 Å². The second-order valence-electron chi connectivity index (χ2n) is 18.5. The van der Waals surface area contributed by atoms with Crippen LogP contribution in [0.4, 0.5) is 0 Å². The fraction of sp³-hybridized carbons (Fsp3) is 0.300. The molecule has 0 fully saturated rings. The Hall–Kier alpha value is -7.28. The van der Waals surface area contributed by atoms with Crippen molar-refractivity contribution in [2.24, 2.45) is 0 Å². The van der Waals surface area contributed by atoms with Crippen LogP contribution in [0.2, 0.25) is 0 Å². The average Bonchev–Trinajstić information content (AvgIpc) is 3.50. The van der Waals surface area contributed by atoms with Crippen LogP contribution in [0, 0.1) is 83.1 Å². The van der Waals surface area contributed by atoms with E-state index in [-0.39, 0.29) is 0 Å². The molecule has 11 aromatic rings. The lowest BCUT2D eigenvalue weighted by Gasteiger charge is -2.11. The first kappa shape index (κ1) is 72.7. The van der Waals surface area contributed by atoms with E-state index in [2.05, 4.69) is 289 Å². The third-order valence-electron chi connectivity index (χ3n) is 12.7. The van der Waals surface area contributed by atoms with E-state index in [9.17, 15) is 0 Å². The van der Waals surface area contributed by atoms with Crippen molar-refractivity contribution in [3.8, 4) is 0 Å². The third-order valence-corrected chi connectivity index (χ3v) is 12.7. The maximum Gasteiger partial charge on any atom is -0.0146 e. The predicted molar refractivity (Wildman–Crippen MR) is 371 cm³/mol. The minimum Gasteiger partial charge on any atom is -0.0683 e. The van der Waals surface area contributed by atoms with Crippen LogP contribution in [0.1, 0.15) is 150 Å². The molecule has 0 heterocycles. The number of aryl methyl sites for hydroxylation is 12. The van der Waals surface area contributed by atoms with Crippen LogP contribution >= 0.6 is 0 Å². The van der Waals surface area contributed by atoms with Gasteiger partial charge in [0.05, 0.1) is 0 Å². The van der Waals surface area contributed by atoms with Crippen molar-refractivity contribution in [1.82, 2.24) is 0 Å². The van der Waals surface area contributed by atoms with Gasteiger partial charge in [-0.25, -0.2) is 0 Å². The Morgan fingerprint density at radius 2 is 0.375 bits per heavy atom. The van der Waals surface area contributed by atoms with Crippen molar-refractivity contribution in [2.45, 2.75) is 166 Å². The largest absolute Gasteiger partial charge is 0.0683 e. The summed E-state index contributed by atoms with van der Waals surface area (Å²) < 4.78 is 0. The molecule has 0 spiro atoms. The van der Waals surface area contributed by atoms with Gasteiger partial charge in [0.1, 0.15) is 0 Å². The first-order valence-electron chi connectivity index (χ1n) is 30.0. The quantitative estimate of drug-likeness (QED) is 0.133. The van der Waals surface area contributed by atoms with E-state index in [1.54, 1.807) is 0 Å². The molecule has 0 saturated carbocycles. The summed E-state index contributed by atoms with van der Waals surface area (Å²) in [5, 5.41) is 13.7. The molecule has 0 amide bonds. The molecule has 0 saturated heterocycles. The molecule has 0 aliphatic carbocycles. The highest BCUT2D eigenvalue weighted by Gasteiger charge is 2.07. The molecule has 426 valence electrons. The molecule has 0 aliphatic heterocycles. The number of fused-ring (bicyclic) bond motifs is 5. The van der Waals surface area contributed by atoms with Gasteiger partial charge in [0.2, 0.25) is 0 Å². The summed E-state index contributed by atoms with van der Waals surface area (Å²) in [5.74, 6) is 0. The zero-order valence-corrected chi connectivity index (χ0v) is 54.6. The van der Waals surface area contributed by atoms with E-state index < -0.39 is 0 Å². The third kappa shape index (κ3) is 23.6. The normalized spacial score (nSPS) is 9.25. The van der Waals surface area contributed by atoms with E-state index in [1.165, 1.54) is 121 Å². The van der Waals surface area contributed by atoms with Gasteiger partial charge < -0.3 is 0 Å². The van der Waals surface area contributed by atoms with Crippen molar-refractivity contribution in [1.29, 1.82) is 0 Å². The summed E-state index contributed by atoms with van der Waals surface area (Å²) in [4.78, 5) is 0. The van der Waals surface area contributed by atoms with Crippen LogP contribution in [0.3, 0.4) is 0 Å². The fourth-order valence-electron chi connectivity index (χ4n) is 8.72. The van der Waals surface area contributed by atoms with Gasteiger partial charge in [0.25, 0.3) is 0 Å². The van der Waals surface area contributed by atoms with Gasteiger partial charge in [0.15, 0.2) is 0 Å². The van der Waals surface area contributed by atoms with E-state index in [1.807, 2.05) is 83.1 Å². The Balaban J connectivity index is 0.000000912. The Bertz CT molecular complexity index is 3090. The number of benzene rings is 11. The predicted octanol–water partition coefficient (Wildman–Crippen LogP) is 25.7. The van der Waals surface area contributed by atoms with Crippen molar-refractivity contribution < 1.29 is 0 Å². The average molecular weight is 1070 g/mol. The van der Waals surface area contributed by atoms with Gasteiger partial charge >= 0.3 is 0 Å². The number of rotatable bonds is 0. The van der Waals surface area contributed by atoms with Crippen LogP contribution in [0.15, 0.2) is 206 Å². The summed E-state index contributed by atoms with van der Waals surface area (Å²) in [6.45, 7) is 49.7. The zero-order chi connectivity index (χ0) is 60.7. The van der Waals surface area contributed by atoms with Gasteiger partial charge in [-0.15, -0.1) is 0 Å². The van der Waals surface area contributed by atoms with Crippen LogP contribution < -0.4 is 0 Å². The molecule has 11 aromatic carbocycles. The topological polar surface area (TPSA) is 0 Å². The number of hydrogen-bond donors (Lipinski definition) is 0. The molecule has 11 rings (SSSR count). The van der Waals surface area contributed by atoms with Crippen molar-refractivity contribution in [3.63, 3.8) is 0 Å². The molecule has 0 N–H and O–H groups in total. The number of hydrogen-bond acceptors (Lipinski definition) is 0. The molecule has 0 radical (unpaired) electrons. The second-order valence-corrected chi connectivity index (χ2v) is 18.5. The van der Waals surface area contributed by atoms with Gasteiger partial charge in [0, 0.05) is 0 Å². The highest BCUT2D eigenvalue weighted by molar-refractivity contribution is 6.05. The van der Waals surface area contributed by atoms with Crippen LogP contribution in [0.5, 0.6) is 0 Å². The van der Waals surface area contributed by atoms with Crippen LogP contribution in [-0.4, -0.2) is 0 Å². The van der Waals surface area contributed by atoms with Crippen molar-refractivity contribution in [2.75, 3.05) is 0 Å². The summed E-state index contributed by atoms with van der Waals surface area (Å²) in [7, 11) is 0. The second kappa shape index (κ2) is 41.7. The van der Waals surface area contributed by atoms with Gasteiger partial charge in [-0.2, -0.15) is 0 Å². The zero-order valence-electron chi connectivity index (χ0n) is 54.6. The minimum absolute atomic E-state index is 1.33. The van der Waals surface area contributed by atoms with E-state index >= 15 is 0 Å². The summed E-state index contributed by atoms with van der Waals surface area (Å²) >= 11 is 0. The maximum absolute atomic E-state index is 2.22. The smallest absolute Gasteiger partial charge is 0.0146 e. The Morgan fingerprint density at radius 1 is 0.163 bits per heavy atom. The molecule has 0 atom stereocenters. The molecule has 80 heavy (non-hydrogen) atoms. The molecule has 0 aliphatic rings. The molecule has 0 unspecified atom stereocenters. The molecule has 0 nitrogen and oxygen atoms in total.